The van der Waals surface area contributed by atoms with Gasteiger partial charge in [-0.25, -0.2) is 13.6 Å². The fourth-order valence-corrected chi connectivity index (χ4v) is 3.31. The molecule has 0 aliphatic rings. The highest BCUT2D eigenvalue weighted by molar-refractivity contribution is 7.89. The second kappa shape index (κ2) is 9.18. The Labute approximate surface area is 129 Å². The Bertz CT molecular complexity index is 515. The van der Waals surface area contributed by atoms with Crippen LogP contribution in [0.15, 0.2) is 29.2 Å². The van der Waals surface area contributed by atoms with Crippen molar-refractivity contribution in [3.8, 4) is 0 Å². The lowest BCUT2D eigenvalue weighted by Gasteiger charge is -2.14. The van der Waals surface area contributed by atoms with Gasteiger partial charge in [-0.3, -0.25) is 0 Å². The van der Waals surface area contributed by atoms with Crippen LogP contribution < -0.4 is 10.9 Å². The number of benzene rings is 1. The van der Waals surface area contributed by atoms with E-state index in [0.717, 1.165) is 18.4 Å². The average molecular weight is 312 g/mol. The SMILES string of the molecule is CCCCCCCCC(N)Cc1ccccc1S(N)(=O)=O. The summed E-state index contributed by atoms with van der Waals surface area (Å²) in [6, 6.07) is 6.83. The summed E-state index contributed by atoms with van der Waals surface area (Å²) in [4.78, 5) is 0.198. The molecule has 0 saturated carbocycles. The summed E-state index contributed by atoms with van der Waals surface area (Å²) in [7, 11) is -3.67. The topological polar surface area (TPSA) is 86.2 Å². The number of unbranched alkanes of at least 4 members (excludes halogenated alkanes) is 5. The van der Waals surface area contributed by atoms with E-state index >= 15 is 0 Å². The molecule has 0 amide bonds. The molecular formula is C16H28N2O2S. The lowest BCUT2D eigenvalue weighted by molar-refractivity contribution is 0.530. The van der Waals surface area contributed by atoms with Crippen molar-refractivity contribution in [1.29, 1.82) is 0 Å². The summed E-state index contributed by atoms with van der Waals surface area (Å²) in [5.41, 5.74) is 6.84. The second-order valence-corrected chi connectivity index (χ2v) is 7.20. The van der Waals surface area contributed by atoms with Crippen molar-refractivity contribution in [3.63, 3.8) is 0 Å². The first-order valence-electron chi connectivity index (χ1n) is 7.81. The van der Waals surface area contributed by atoms with Gasteiger partial charge in [0.05, 0.1) is 4.90 Å². The third-order valence-corrected chi connectivity index (χ3v) is 4.70. The molecule has 0 aromatic heterocycles. The van der Waals surface area contributed by atoms with Crippen molar-refractivity contribution in [2.75, 3.05) is 0 Å². The van der Waals surface area contributed by atoms with Crippen LogP contribution in [0, 0.1) is 0 Å². The van der Waals surface area contributed by atoms with Gasteiger partial charge >= 0.3 is 0 Å². The Hall–Kier alpha value is -0.910. The molecule has 120 valence electrons. The molecular weight excluding hydrogens is 284 g/mol. The highest BCUT2D eigenvalue weighted by atomic mass is 32.2. The molecule has 4 N–H and O–H groups in total. The van der Waals surface area contributed by atoms with Crippen LogP contribution >= 0.6 is 0 Å². The van der Waals surface area contributed by atoms with Crippen LogP contribution in [0.4, 0.5) is 0 Å². The molecule has 0 saturated heterocycles. The van der Waals surface area contributed by atoms with Gasteiger partial charge in [0, 0.05) is 6.04 Å². The molecule has 4 nitrogen and oxygen atoms in total. The van der Waals surface area contributed by atoms with Crippen LogP contribution in [-0.2, 0) is 16.4 Å². The van der Waals surface area contributed by atoms with Gasteiger partial charge in [-0.15, -0.1) is 0 Å². The fourth-order valence-electron chi connectivity index (χ4n) is 2.52. The zero-order valence-electron chi connectivity index (χ0n) is 12.9. The fraction of sp³-hybridized carbons (Fsp3) is 0.625. The van der Waals surface area contributed by atoms with Crippen LogP contribution in [0.25, 0.3) is 0 Å². The molecule has 0 aliphatic carbocycles. The molecule has 21 heavy (non-hydrogen) atoms. The minimum Gasteiger partial charge on any atom is -0.327 e. The molecule has 0 spiro atoms. The van der Waals surface area contributed by atoms with Crippen molar-refractivity contribution >= 4 is 10.0 Å². The molecule has 1 aromatic rings. The number of rotatable bonds is 10. The first kappa shape index (κ1) is 18.1. The molecule has 0 radical (unpaired) electrons. The van der Waals surface area contributed by atoms with E-state index < -0.39 is 10.0 Å². The van der Waals surface area contributed by atoms with E-state index in [2.05, 4.69) is 6.92 Å². The van der Waals surface area contributed by atoms with Crippen LogP contribution in [0.2, 0.25) is 0 Å². The molecule has 0 fully saturated rings. The third kappa shape index (κ3) is 7.07. The smallest absolute Gasteiger partial charge is 0.238 e. The summed E-state index contributed by atoms with van der Waals surface area (Å²) >= 11 is 0. The summed E-state index contributed by atoms with van der Waals surface area (Å²) in [5, 5.41) is 5.23. The van der Waals surface area contributed by atoms with Gasteiger partial charge < -0.3 is 5.73 Å². The molecule has 1 aromatic carbocycles. The van der Waals surface area contributed by atoms with Crippen LogP contribution in [0.3, 0.4) is 0 Å². The van der Waals surface area contributed by atoms with E-state index in [0.29, 0.717) is 6.42 Å². The van der Waals surface area contributed by atoms with Crippen LogP contribution in [0.1, 0.15) is 57.4 Å². The van der Waals surface area contributed by atoms with E-state index in [1.54, 1.807) is 18.2 Å². The Kier molecular flexibility index (Phi) is 7.93. The zero-order chi connectivity index (χ0) is 15.7. The largest absolute Gasteiger partial charge is 0.327 e. The van der Waals surface area contributed by atoms with Crippen molar-refractivity contribution in [1.82, 2.24) is 0 Å². The lowest BCUT2D eigenvalue weighted by Crippen LogP contribution is -2.24. The molecule has 0 aliphatic heterocycles. The van der Waals surface area contributed by atoms with Crippen molar-refractivity contribution in [3.05, 3.63) is 29.8 Å². The Morgan fingerprint density at radius 2 is 1.67 bits per heavy atom. The van der Waals surface area contributed by atoms with Crippen LogP contribution in [-0.4, -0.2) is 14.5 Å². The number of hydrogen-bond donors (Lipinski definition) is 2. The van der Waals surface area contributed by atoms with E-state index in [4.69, 9.17) is 10.9 Å². The first-order valence-corrected chi connectivity index (χ1v) is 9.36. The zero-order valence-corrected chi connectivity index (χ0v) is 13.7. The first-order chi connectivity index (χ1) is 9.95. The lowest BCUT2D eigenvalue weighted by atomic mass is 10.0. The summed E-state index contributed by atoms with van der Waals surface area (Å²) in [5.74, 6) is 0. The molecule has 0 bridgehead atoms. The summed E-state index contributed by atoms with van der Waals surface area (Å²) in [6.45, 7) is 2.21. The molecule has 1 unspecified atom stereocenters. The number of sulfonamides is 1. The maximum atomic E-state index is 11.5. The van der Waals surface area contributed by atoms with Crippen molar-refractivity contribution in [2.24, 2.45) is 10.9 Å². The Morgan fingerprint density at radius 1 is 1.05 bits per heavy atom. The minimum atomic E-state index is -3.67. The maximum Gasteiger partial charge on any atom is 0.238 e. The third-order valence-electron chi connectivity index (χ3n) is 3.69. The van der Waals surface area contributed by atoms with Gasteiger partial charge in [-0.05, 0) is 24.5 Å². The van der Waals surface area contributed by atoms with Crippen LogP contribution in [0.5, 0.6) is 0 Å². The number of hydrogen-bond acceptors (Lipinski definition) is 3. The Balaban J connectivity index is 2.43. The highest BCUT2D eigenvalue weighted by Gasteiger charge is 2.15. The van der Waals surface area contributed by atoms with E-state index in [1.165, 1.54) is 32.1 Å². The number of primary sulfonamides is 1. The molecule has 1 atom stereocenters. The predicted octanol–water partition coefficient (Wildman–Crippen LogP) is 2.95. The highest BCUT2D eigenvalue weighted by Crippen LogP contribution is 2.17. The van der Waals surface area contributed by atoms with Gasteiger partial charge in [-0.2, -0.15) is 0 Å². The monoisotopic (exact) mass is 312 g/mol. The van der Waals surface area contributed by atoms with E-state index in [1.807, 2.05) is 6.07 Å². The maximum absolute atomic E-state index is 11.5. The van der Waals surface area contributed by atoms with Crippen molar-refractivity contribution in [2.45, 2.75) is 69.2 Å². The predicted molar refractivity (Wildman–Crippen MR) is 87.5 cm³/mol. The van der Waals surface area contributed by atoms with Gasteiger partial charge in [-0.1, -0.05) is 63.6 Å². The average Bonchev–Trinajstić information content (AvgIpc) is 2.42. The normalized spacial score (nSPS) is 13.3. The van der Waals surface area contributed by atoms with Gasteiger partial charge in [0.2, 0.25) is 10.0 Å². The number of nitrogens with two attached hydrogens (primary N) is 2. The van der Waals surface area contributed by atoms with E-state index in [-0.39, 0.29) is 10.9 Å². The van der Waals surface area contributed by atoms with Gasteiger partial charge in [0.1, 0.15) is 0 Å². The summed E-state index contributed by atoms with van der Waals surface area (Å²) in [6.07, 6.45) is 8.88. The summed E-state index contributed by atoms with van der Waals surface area (Å²) < 4.78 is 23.1. The standard InChI is InChI=1S/C16H28N2O2S/c1-2-3-4-5-6-7-11-15(17)13-14-10-8-9-12-16(14)21(18,19)20/h8-10,12,15H,2-7,11,13,17H2,1H3,(H2,18,19,20). The van der Waals surface area contributed by atoms with Gasteiger partial charge in [0.25, 0.3) is 0 Å². The second-order valence-electron chi connectivity index (χ2n) is 5.67. The van der Waals surface area contributed by atoms with Crippen molar-refractivity contribution < 1.29 is 8.42 Å². The molecule has 0 heterocycles. The van der Waals surface area contributed by atoms with E-state index in [9.17, 15) is 8.42 Å². The minimum absolute atomic E-state index is 0.0147. The molecule has 1 rings (SSSR count). The molecule has 5 heteroatoms. The van der Waals surface area contributed by atoms with Gasteiger partial charge in [0.15, 0.2) is 0 Å². The quantitative estimate of drug-likeness (QED) is 0.651. The Morgan fingerprint density at radius 3 is 2.33 bits per heavy atom.